The first kappa shape index (κ1) is 13.5. The maximum atomic E-state index is 12.1. The smallest absolute Gasteiger partial charge is 0.245 e. The van der Waals surface area contributed by atoms with Crippen LogP contribution in [0.5, 0.6) is 0 Å². The zero-order valence-corrected chi connectivity index (χ0v) is 11.4. The zero-order chi connectivity index (χ0) is 13.2. The van der Waals surface area contributed by atoms with Crippen LogP contribution in [-0.4, -0.2) is 32.8 Å². The van der Waals surface area contributed by atoms with E-state index in [-0.39, 0.29) is 11.0 Å². The molecule has 0 radical (unpaired) electrons. The average Bonchev–Trinajstić information content (AvgIpc) is 2.89. The molecular weight excluding hydrogens is 256 g/mol. The molecule has 1 saturated heterocycles. The summed E-state index contributed by atoms with van der Waals surface area (Å²) in [4.78, 5) is 0.148. The Labute approximate surface area is 107 Å². The molecule has 1 N–H and O–H groups in total. The van der Waals surface area contributed by atoms with Gasteiger partial charge in [0.1, 0.15) is 10.6 Å². The highest BCUT2D eigenvalue weighted by Gasteiger charge is 2.24. The molecule has 1 aromatic heterocycles. The fraction of sp³-hybridized carbons (Fsp3) is 0.727. The second-order valence-corrected chi connectivity index (χ2v) is 6.18. The summed E-state index contributed by atoms with van der Waals surface area (Å²) in [6.07, 6.45) is 2.94. The Balaban J connectivity index is 1.95. The topological polar surface area (TPSA) is 81.4 Å². The number of nitrogens with one attached hydrogen (secondary N) is 1. The van der Waals surface area contributed by atoms with Crippen molar-refractivity contribution in [1.29, 1.82) is 0 Å². The second-order valence-electron chi connectivity index (χ2n) is 4.47. The molecule has 1 aliphatic rings. The molecule has 1 aliphatic heterocycles. The van der Waals surface area contributed by atoms with E-state index in [4.69, 9.17) is 9.26 Å². The van der Waals surface area contributed by atoms with E-state index in [2.05, 4.69) is 9.88 Å². The summed E-state index contributed by atoms with van der Waals surface area (Å²) < 4.78 is 37.0. The normalized spacial score (nSPS) is 20.4. The van der Waals surface area contributed by atoms with Crippen LogP contribution in [0.3, 0.4) is 0 Å². The molecule has 1 fully saturated rings. The van der Waals surface area contributed by atoms with Gasteiger partial charge in [-0.3, -0.25) is 0 Å². The predicted molar refractivity (Wildman–Crippen MR) is 64.8 cm³/mol. The second kappa shape index (κ2) is 5.38. The van der Waals surface area contributed by atoms with Gasteiger partial charge in [0.15, 0.2) is 5.76 Å². The molecule has 0 aliphatic carbocycles. The fourth-order valence-corrected chi connectivity index (χ4v) is 3.53. The molecule has 7 heteroatoms. The molecule has 1 aromatic rings. The average molecular weight is 274 g/mol. The number of hydrogen-bond donors (Lipinski definition) is 1. The Morgan fingerprint density at radius 2 is 2.22 bits per heavy atom. The van der Waals surface area contributed by atoms with Crippen molar-refractivity contribution in [3.63, 3.8) is 0 Å². The molecule has 0 saturated carbocycles. The fourth-order valence-electron chi connectivity index (χ4n) is 2.16. The molecule has 0 aromatic carbocycles. The first-order valence-corrected chi connectivity index (χ1v) is 7.53. The maximum absolute atomic E-state index is 12.1. The third-order valence-electron chi connectivity index (χ3n) is 3.02. The lowest BCUT2D eigenvalue weighted by Gasteiger charge is -2.10. The minimum atomic E-state index is -3.53. The van der Waals surface area contributed by atoms with Crippen molar-refractivity contribution in [3.8, 4) is 0 Å². The number of ether oxygens (including phenoxy) is 1. The minimum Gasteiger partial charge on any atom is -0.378 e. The van der Waals surface area contributed by atoms with Gasteiger partial charge < -0.3 is 9.26 Å². The Morgan fingerprint density at radius 1 is 1.44 bits per heavy atom. The molecule has 0 spiro atoms. The Kier molecular flexibility index (Phi) is 4.04. The number of aryl methyl sites for hydroxylation is 2. The predicted octanol–water partition coefficient (Wildman–Crippen LogP) is 1.14. The van der Waals surface area contributed by atoms with Crippen LogP contribution in [0.15, 0.2) is 9.42 Å². The lowest BCUT2D eigenvalue weighted by Crippen LogP contribution is -2.28. The Hall–Kier alpha value is -0.920. The Bertz CT molecular complexity index is 484. The first-order chi connectivity index (χ1) is 8.50. The lowest BCUT2D eigenvalue weighted by atomic mass is 10.2. The highest BCUT2D eigenvalue weighted by Crippen LogP contribution is 2.19. The molecule has 0 bridgehead atoms. The van der Waals surface area contributed by atoms with E-state index in [1.54, 1.807) is 13.8 Å². The summed E-state index contributed by atoms with van der Waals surface area (Å²) in [6.45, 7) is 4.36. The van der Waals surface area contributed by atoms with Gasteiger partial charge in [0.05, 0.1) is 6.10 Å². The van der Waals surface area contributed by atoms with Gasteiger partial charge in [-0.2, -0.15) is 0 Å². The molecule has 18 heavy (non-hydrogen) atoms. The van der Waals surface area contributed by atoms with E-state index in [1.165, 1.54) is 0 Å². The van der Waals surface area contributed by atoms with Crippen LogP contribution in [0.2, 0.25) is 0 Å². The molecular formula is C11H18N2O4S. The number of sulfonamides is 1. The van der Waals surface area contributed by atoms with Crippen molar-refractivity contribution >= 4 is 10.0 Å². The van der Waals surface area contributed by atoms with Crippen molar-refractivity contribution in [1.82, 2.24) is 9.88 Å². The third-order valence-corrected chi connectivity index (χ3v) is 4.72. The summed E-state index contributed by atoms with van der Waals surface area (Å²) in [5.74, 6) is 0.317. The molecule has 102 valence electrons. The van der Waals surface area contributed by atoms with E-state index in [1.807, 2.05) is 0 Å². The summed E-state index contributed by atoms with van der Waals surface area (Å²) in [6, 6.07) is 0. The standard InChI is InChI=1S/C11H18N2O4S/c1-8-11(9(2)17-13-8)18(14,15)12-6-5-10-4-3-7-16-10/h10,12H,3-7H2,1-2H3/t10-/m0/s1. The van der Waals surface area contributed by atoms with Crippen LogP contribution in [0.1, 0.15) is 30.7 Å². The van der Waals surface area contributed by atoms with E-state index in [9.17, 15) is 8.42 Å². The summed E-state index contributed by atoms with van der Waals surface area (Å²) >= 11 is 0. The minimum absolute atomic E-state index is 0.148. The maximum Gasteiger partial charge on any atom is 0.245 e. The SMILES string of the molecule is Cc1noc(C)c1S(=O)(=O)NCC[C@@H]1CCCO1. The summed E-state index contributed by atoms with van der Waals surface area (Å²) in [5.41, 5.74) is 0.386. The van der Waals surface area contributed by atoms with Gasteiger partial charge in [-0.05, 0) is 33.1 Å². The van der Waals surface area contributed by atoms with Crippen LogP contribution < -0.4 is 4.72 Å². The number of rotatable bonds is 5. The van der Waals surface area contributed by atoms with Gasteiger partial charge in [0.2, 0.25) is 10.0 Å². The molecule has 0 unspecified atom stereocenters. The number of aromatic nitrogens is 1. The highest BCUT2D eigenvalue weighted by atomic mass is 32.2. The third kappa shape index (κ3) is 2.90. The summed E-state index contributed by atoms with van der Waals surface area (Å²) in [7, 11) is -3.53. The van der Waals surface area contributed by atoms with Crippen LogP contribution in [-0.2, 0) is 14.8 Å². The summed E-state index contributed by atoms with van der Waals surface area (Å²) in [5, 5.41) is 3.65. The molecule has 1 atom stereocenters. The quantitative estimate of drug-likeness (QED) is 0.870. The van der Waals surface area contributed by atoms with Gasteiger partial charge in [-0.1, -0.05) is 5.16 Å². The molecule has 2 heterocycles. The van der Waals surface area contributed by atoms with Crippen LogP contribution >= 0.6 is 0 Å². The van der Waals surface area contributed by atoms with E-state index in [0.717, 1.165) is 19.4 Å². The number of hydrogen-bond acceptors (Lipinski definition) is 5. The van der Waals surface area contributed by atoms with Gasteiger partial charge in [0, 0.05) is 13.2 Å². The first-order valence-electron chi connectivity index (χ1n) is 6.05. The number of nitrogens with zero attached hydrogens (tertiary/aromatic N) is 1. The van der Waals surface area contributed by atoms with Crippen molar-refractivity contribution in [3.05, 3.63) is 11.5 Å². The van der Waals surface area contributed by atoms with Gasteiger partial charge >= 0.3 is 0 Å². The monoisotopic (exact) mass is 274 g/mol. The van der Waals surface area contributed by atoms with Crippen molar-refractivity contribution < 1.29 is 17.7 Å². The lowest BCUT2D eigenvalue weighted by molar-refractivity contribution is 0.105. The molecule has 6 nitrogen and oxygen atoms in total. The van der Waals surface area contributed by atoms with Gasteiger partial charge in [0.25, 0.3) is 0 Å². The van der Waals surface area contributed by atoms with Crippen molar-refractivity contribution in [2.75, 3.05) is 13.2 Å². The van der Waals surface area contributed by atoms with Crippen molar-refractivity contribution in [2.45, 2.75) is 44.1 Å². The van der Waals surface area contributed by atoms with Gasteiger partial charge in [-0.25, -0.2) is 13.1 Å². The van der Waals surface area contributed by atoms with Crippen LogP contribution in [0.25, 0.3) is 0 Å². The van der Waals surface area contributed by atoms with Crippen LogP contribution in [0.4, 0.5) is 0 Å². The zero-order valence-electron chi connectivity index (χ0n) is 10.6. The van der Waals surface area contributed by atoms with E-state index < -0.39 is 10.0 Å². The molecule has 0 amide bonds. The largest absolute Gasteiger partial charge is 0.378 e. The Morgan fingerprint density at radius 3 is 2.78 bits per heavy atom. The highest BCUT2D eigenvalue weighted by molar-refractivity contribution is 7.89. The van der Waals surface area contributed by atoms with Crippen molar-refractivity contribution in [2.24, 2.45) is 0 Å². The van der Waals surface area contributed by atoms with Crippen LogP contribution in [0, 0.1) is 13.8 Å². The van der Waals surface area contributed by atoms with Gasteiger partial charge in [-0.15, -0.1) is 0 Å². The molecule has 2 rings (SSSR count). The van der Waals surface area contributed by atoms with E-state index in [0.29, 0.717) is 24.4 Å². The van der Waals surface area contributed by atoms with E-state index >= 15 is 0 Å².